The molecule has 0 heterocycles. The lowest BCUT2D eigenvalue weighted by Crippen LogP contribution is -2.13. The largest absolute Gasteiger partial charge is 0.490 e. The lowest BCUT2D eigenvalue weighted by atomic mass is 10.2. The fourth-order valence-corrected chi connectivity index (χ4v) is 2.52. The predicted molar refractivity (Wildman–Crippen MR) is 103 cm³/mol. The molecule has 3 aromatic carbocycles. The van der Waals surface area contributed by atoms with Crippen LogP contribution in [0.5, 0.6) is 11.5 Å². The third-order valence-corrected chi connectivity index (χ3v) is 3.78. The van der Waals surface area contributed by atoms with Gasteiger partial charge in [0.25, 0.3) is 5.91 Å². The van der Waals surface area contributed by atoms with E-state index < -0.39 is 0 Å². The van der Waals surface area contributed by atoms with Crippen LogP contribution >= 0.6 is 11.6 Å². The smallest absolute Gasteiger partial charge is 0.255 e. The summed E-state index contributed by atoms with van der Waals surface area (Å²) in [5.41, 5.74) is 1.15. The maximum Gasteiger partial charge on any atom is 0.255 e. The second kappa shape index (κ2) is 8.92. The van der Waals surface area contributed by atoms with Crippen LogP contribution in [0.3, 0.4) is 0 Å². The van der Waals surface area contributed by atoms with Gasteiger partial charge >= 0.3 is 0 Å². The Morgan fingerprint density at radius 1 is 0.808 bits per heavy atom. The molecule has 0 radical (unpaired) electrons. The summed E-state index contributed by atoms with van der Waals surface area (Å²) >= 11 is 5.93. The van der Waals surface area contributed by atoms with Crippen molar-refractivity contribution in [3.8, 4) is 11.5 Å². The molecule has 0 unspecified atom stereocenters. The van der Waals surface area contributed by atoms with Crippen molar-refractivity contribution >= 4 is 23.2 Å². The van der Waals surface area contributed by atoms with Gasteiger partial charge in [-0.15, -0.1) is 0 Å². The Bertz CT molecular complexity index is 868. The van der Waals surface area contributed by atoms with Crippen LogP contribution in [-0.4, -0.2) is 19.1 Å². The van der Waals surface area contributed by atoms with E-state index in [9.17, 15) is 4.79 Å². The number of rotatable bonds is 7. The summed E-state index contributed by atoms with van der Waals surface area (Å²) in [5.74, 6) is 1.18. The summed E-state index contributed by atoms with van der Waals surface area (Å²) in [5, 5.41) is 3.38. The fraction of sp³-hybridized carbons (Fsp3) is 0.0952. The van der Waals surface area contributed by atoms with Crippen molar-refractivity contribution in [1.29, 1.82) is 0 Å². The Hall–Kier alpha value is -2.98. The van der Waals surface area contributed by atoms with Crippen molar-refractivity contribution in [2.75, 3.05) is 18.5 Å². The van der Waals surface area contributed by atoms with Gasteiger partial charge in [-0.2, -0.15) is 0 Å². The fourth-order valence-electron chi connectivity index (χ4n) is 2.33. The molecule has 3 aromatic rings. The molecule has 0 atom stereocenters. The number of para-hydroxylation sites is 1. The third kappa shape index (κ3) is 5.26. The number of anilines is 1. The molecular weight excluding hydrogens is 350 g/mol. The number of carbonyl (C=O) groups is 1. The van der Waals surface area contributed by atoms with E-state index in [-0.39, 0.29) is 5.91 Å². The molecule has 1 N–H and O–H groups in total. The number of nitrogens with one attached hydrogen (secondary N) is 1. The average molecular weight is 368 g/mol. The molecule has 0 spiro atoms. The molecule has 5 heteroatoms. The van der Waals surface area contributed by atoms with Crippen LogP contribution in [0.4, 0.5) is 5.69 Å². The number of ether oxygens (including phenoxy) is 2. The number of hydrogen-bond donors (Lipinski definition) is 1. The van der Waals surface area contributed by atoms with Crippen molar-refractivity contribution in [3.63, 3.8) is 0 Å². The van der Waals surface area contributed by atoms with Crippen LogP contribution in [0.15, 0.2) is 78.9 Å². The van der Waals surface area contributed by atoms with Gasteiger partial charge < -0.3 is 14.8 Å². The molecule has 0 aliphatic rings. The van der Waals surface area contributed by atoms with Gasteiger partial charge in [0.15, 0.2) is 0 Å². The summed E-state index contributed by atoms with van der Waals surface area (Å²) < 4.78 is 11.2. The molecule has 132 valence electrons. The van der Waals surface area contributed by atoms with E-state index >= 15 is 0 Å². The van der Waals surface area contributed by atoms with Crippen LogP contribution in [0.25, 0.3) is 0 Å². The van der Waals surface area contributed by atoms with E-state index in [0.717, 1.165) is 5.75 Å². The second-order valence-electron chi connectivity index (χ2n) is 5.50. The normalized spacial score (nSPS) is 10.2. The first-order valence-electron chi connectivity index (χ1n) is 8.18. The zero-order chi connectivity index (χ0) is 18.2. The highest BCUT2D eigenvalue weighted by atomic mass is 35.5. The summed E-state index contributed by atoms with van der Waals surface area (Å²) in [6.45, 7) is 0.803. The minimum Gasteiger partial charge on any atom is -0.490 e. The van der Waals surface area contributed by atoms with Crippen molar-refractivity contribution < 1.29 is 14.3 Å². The Morgan fingerprint density at radius 3 is 2.27 bits per heavy atom. The molecule has 3 rings (SSSR count). The Kier molecular flexibility index (Phi) is 6.12. The van der Waals surface area contributed by atoms with Crippen LogP contribution in [0.1, 0.15) is 10.4 Å². The van der Waals surface area contributed by atoms with Gasteiger partial charge in [0.05, 0.1) is 0 Å². The standard InChI is InChI=1S/C21H18ClNO3/c22-17-7-5-8-18(15-17)23-21(24)16-6-4-11-20(14-16)26-13-12-25-19-9-2-1-3-10-19/h1-11,14-15H,12-13H2,(H,23,24). The highest BCUT2D eigenvalue weighted by Gasteiger charge is 2.08. The van der Waals surface area contributed by atoms with Crippen LogP contribution in [0.2, 0.25) is 5.02 Å². The SMILES string of the molecule is O=C(Nc1cccc(Cl)c1)c1cccc(OCCOc2ccccc2)c1. The van der Waals surface area contributed by atoms with Gasteiger partial charge in [0, 0.05) is 16.3 Å². The summed E-state index contributed by atoms with van der Waals surface area (Å²) in [6, 6.07) is 23.6. The molecule has 1 amide bonds. The highest BCUT2D eigenvalue weighted by Crippen LogP contribution is 2.18. The minimum atomic E-state index is -0.224. The molecule has 0 saturated heterocycles. The number of amides is 1. The first-order chi connectivity index (χ1) is 12.7. The summed E-state index contributed by atoms with van der Waals surface area (Å²) in [4.78, 5) is 12.4. The van der Waals surface area contributed by atoms with E-state index in [0.29, 0.717) is 35.2 Å². The third-order valence-electron chi connectivity index (χ3n) is 3.54. The highest BCUT2D eigenvalue weighted by molar-refractivity contribution is 6.30. The lowest BCUT2D eigenvalue weighted by molar-refractivity contribution is 0.102. The first-order valence-corrected chi connectivity index (χ1v) is 8.56. The number of benzene rings is 3. The van der Waals surface area contributed by atoms with Crippen molar-refractivity contribution in [2.45, 2.75) is 0 Å². The first kappa shape index (κ1) is 17.8. The van der Waals surface area contributed by atoms with Gasteiger partial charge in [-0.05, 0) is 48.5 Å². The Labute approximate surface area is 157 Å². The van der Waals surface area contributed by atoms with Crippen LogP contribution < -0.4 is 14.8 Å². The summed E-state index contributed by atoms with van der Waals surface area (Å²) in [6.07, 6.45) is 0. The average Bonchev–Trinajstić information content (AvgIpc) is 2.66. The number of halogens is 1. The molecule has 26 heavy (non-hydrogen) atoms. The van der Waals surface area contributed by atoms with Crippen molar-refractivity contribution in [2.24, 2.45) is 0 Å². The second-order valence-corrected chi connectivity index (χ2v) is 5.94. The van der Waals surface area contributed by atoms with E-state index in [1.54, 1.807) is 48.5 Å². The van der Waals surface area contributed by atoms with Gasteiger partial charge in [-0.1, -0.05) is 41.9 Å². The predicted octanol–water partition coefficient (Wildman–Crippen LogP) is 5.05. The van der Waals surface area contributed by atoms with E-state index in [4.69, 9.17) is 21.1 Å². The van der Waals surface area contributed by atoms with Crippen LogP contribution in [-0.2, 0) is 0 Å². The maximum atomic E-state index is 12.4. The van der Waals surface area contributed by atoms with Gasteiger partial charge in [0.1, 0.15) is 24.7 Å². The van der Waals surface area contributed by atoms with E-state index in [1.807, 2.05) is 30.3 Å². The molecule has 0 aliphatic carbocycles. The summed E-state index contributed by atoms with van der Waals surface area (Å²) in [7, 11) is 0. The van der Waals surface area contributed by atoms with Crippen molar-refractivity contribution in [1.82, 2.24) is 0 Å². The van der Waals surface area contributed by atoms with Gasteiger partial charge in [0.2, 0.25) is 0 Å². The minimum absolute atomic E-state index is 0.224. The van der Waals surface area contributed by atoms with E-state index in [2.05, 4.69) is 5.32 Å². The van der Waals surface area contributed by atoms with Gasteiger partial charge in [-0.25, -0.2) is 0 Å². The molecule has 0 fully saturated rings. The molecule has 0 aromatic heterocycles. The molecule has 0 bridgehead atoms. The lowest BCUT2D eigenvalue weighted by Gasteiger charge is -2.10. The van der Waals surface area contributed by atoms with E-state index in [1.165, 1.54) is 0 Å². The maximum absolute atomic E-state index is 12.4. The molecule has 0 saturated carbocycles. The van der Waals surface area contributed by atoms with Crippen LogP contribution in [0, 0.1) is 0 Å². The molecular formula is C21H18ClNO3. The Morgan fingerprint density at radius 2 is 1.50 bits per heavy atom. The molecule has 4 nitrogen and oxygen atoms in total. The quantitative estimate of drug-likeness (QED) is 0.594. The monoisotopic (exact) mass is 367 g/mol. The number of carbonyl (C=O) groups excluding carboxylic acids is 1. The number of hydrogen-bond acceptors (Lipinski definition) is 3. The van der Waals surface area contributed by atoms with Crippen molar-refractivity contribution in [3.05, 3.63) is 89.4 Å². The topological polar surface area (TPSA) is 47.6 Å². The van der Waals surface area contributed by atoms with Gasteiger partial charge in [-0.3, -0.25) is 4.79 Å². The zero-order valence-electron chi connectivity index (χ0n) is 14.0. The molecule has 0 aliphatic heterocycles. The zero-order valence-corrected chi connectivity index (χ0v) is 14.8. The Balaban J connectivity index is 1.53.